The monoisotopic (exact) mass is 259 g/mol. The SMILES string of the molecule is C#Cc1c(C(=O)OCC(C)C)[nH]c2ccc(F)cc12. The first-order chi connectivity index (χ1) is 9.02. The van der Waals surface area contributed by atoms with Crippen molar-refractivity contribution in [3.8, 4) is 12.3 Å². The van der Waals surface area contributed by atoms with Crippen molar-refractivity contribution in [3.63, 3.8) is 0 Å². The van der Waals surface area contributed by atoms with E-state index in [0.717, 1.165) is 0 Å². The smallest absolute Gasteiger partial charge is 0.356 e. The van der Waals surface area contributed by atoms with Gasteiger partial charge in [-0.2, -0.15) is 0 Å². The molecule has 0 radical (unpaired) electrons. The van der Waals surface area contributed by atoms with Crippen molar-refractivity contribution >= 4 is 16.9 Å². The van der Waals surface area contributed by atoms with Gasteiger partial charge in [-0.15, -0.1) is 6.42 Å². The summed E-state index contributed by atoms with van der Waals surface area (Å²) in [6.45, 7) is 4.19. The lowest BCUT2D eigenvalue weighted by atomic mass is 10.1. The lowest BCUT2D eigenvalue weighted by Gasteiger charge is -2.06. The summed E-state index contributed by atoms with van der Waals surface area (Å²) in [5.41, 5.74) is 1.15. The van der Waals surface area contributed by atoms with Gasteiger partial charge >= 0.3 is 5.97 Å². The highest BCUT2D eigenvalue weighted by molar-refractivity contribution is 6.00. The lowest BCUT2D eigenvalue weighted by molar-refractivity contribution is 0.0453. The Morgan fingerprint density at radius 2 is 2.26 bits per heavy atom. The number of nitrogens with one attached hydrogen (secondary N) is 1. The molecular weight excluding hydrogens is 245 g/mol. The lowest BCUT2D eigenvalue weighted by Crippen LogP contribution is -2.11. The van der Waals surface area contributed by atoms with Crippen LogP contribution in [0, 0.1) is 24.1 Å². The Bertz CT molecular complexity index is 665. The predicted molar refractivity (Wildman–Crippen MR) is 71.3 cm³/mol. The Labute approximate surface area is 110 Å². The summed E-state index contributed by atoms with van der Waals surface area (Å²) in [6.07, 6.45) is 5.40. The van der Waals surface area contributed by atoms with Gasteiger partial charge in [-0.1, -0.05) is 19.8 Å². The molecule has 0 spiro atoms. The number of aromatic nitrogens is 1. The maximum Gasteiger partial charge on any atom is 0.356 e. The number of H-pyrrole nitrogens is 1. The van der Waals surface area contributed by atoms with Crippen molar-refractivity contribution in [1.82, 2.24) is 4.98 Å². The van der Waals surface area contributed by atoms with Gasteiger partial charge in [0.25, 0.3) is 0 Å². The fourth-order valence-corrected chi connectivity index (χ4v) is 1.78. The van der Waals surface area contributed by atoms with Crippen LogP contribution in [0.4, 0.5) is 4.39 Å². The molecule has 19 heavy (non-hydrogen) atoms. The van der Waals surface area contributed by atoms with E-state index in [4.69, 9.17) is 11.2 Å². The van der Waals surface area contributed by atoms with Crippen LogP contribution in [0.1, 0.15) is 29.9 Å². The zero-order valence-electron chi connectivity index (χ0n) is 10.8. The highest BCUT2D eigenvalue weighted by Gasteiger charge is 2.18. The molecule has 1 aromatic heterocycles. The third kappa shape index (κ3) is 2.60. The number of hydrogen-bond acceptors (Lipinski definition) is 2. The summed E-state index contributed by atoms with van der Waals surface area (Å²) in [6, 6.07) is 4.16. The standard InChI is InChI=1S/C15H14FNO2/c1-4-11-12-7-10(16)5-6-13(12)17-14(11)15(18)19-8-9(2)3/h1,5-7,9,17H,8H2,2-3H3. The molecule has 2 rings (SSSR count). The van der Waals surface area contributed by atoms with E-state index >= 15 is 0 Å². The van der Waals surface area contributed by atoms with Crippen molar-refractivity contribution in [2.24, 2.45) is 5.92 Å². The Hall–Kier alpha value is -2.28. The number of carbonyl (C=O) groups excluding carboxylic acids is 1. The number of carbonyl (C=O) groups is 1. The third-order valence-electron chi connectivity index (χ3n) is 2.66. The van der Waals surface area contributed by atoms with Gasteiger partial charge in [0.05, 0.1) is 12.2 Å². The van der Waals surface area contributed by atoms with Gasteiger partial charge in [0, 0.05) is 10.9 Å². The van der Waals surface area contributed by atoms with Gasteiger partial charge in [0.1, 0.15) is 11.5 Å². The topological polar surface area (TPSA) is 42.1 Å². The second kappa shape index (κ2) is 5.15. The van der Waals surface area contributed by atoms with Gasteiger partial charge in [-0.3, -0.25) is 0 Å². The Morgan fingerprint density at radius 3 is 2.89 bits per heavy atom. The summed E-state index contributed by atoms with van der Waals surface area (Å²) in [7, 11) is 0. The zero-order chi connectivity index (χ0) is 14.0. The maximum absolute atomic E-state index is 13.2. The first kappa shape index (κ1) is 13.2. The minimum absolute atomic E-state index is 0.198. The van der Waals surface area contributed by atoms with Crippen LogP contribution in [0.2, 0.25) is 0 Å². The molecule has 0 fully saturated rings. The van der Waals surface area contributed by atoms with E-state index in [2.05, 4.69) is 10.9 Å². The van der Waals surface area contributed by atoms with Crippen LogP contribution in [0.15, 0.2) is 18.2 Å². The minimum atomic E-state index is -0.516. The molecule has 98 valence electrons. The number of terminal acetylenes is 1. The first-order valence-corrected chi connectivity index (χ1v) is 5.98. The number of aromatic amines is 1. The van der Waals surface area contributed by atoms with Gasteiger partial charge in [-0.05, 0) is 24.1 Å². The van der Waals surface area contributed by atoms with Crippen LogP contribution < -0.4 is 0 Å². The summed E-state index contributed by atoms with van der Waals surface area (Å²) >= 11 is 0. The van der Waals surface area contributed by atoms with E-state index in [0.29, 0.717) is 23.1 Å². The van der Waals surface area contributed by atoms with E-state index in [-0.39, 0.29) is 11.6 Å². The number of esters is 1. The van der Waals surface area contributed by atoms with Crippen LogP contribution >= 0.6 is 0 Å². The molecule has 1 heterocycles. The zero-order valence-corrected chi connectivity index (χ0v) is 10.8. The highest BCUT2D eigenvalue weighted by Crippen LogP contribution is 2.23. The molecule has 0 atom stereocenters. The van der Waals surface area contributed by atoms with Crippen molar-refractivity contribution in [2.45, 2.75) is 13.8 Å². The molecule has 2 aromatic rings. The van der Waals surface area contributed by atoms with Crippen LogP contribution in [0.5, 0.6) is 0 Å². The number of hydrogen-bond donors (Lipinski definition) is 1. The molecule has 0 saturated heterocycles. The van der Waals surface area contributed by atoms with Gasteiger partial charge in [-0.25, -0.2) is 9.18 Å². The minimum Gasteiger partial charge on any atom is -0.461 e. The maximum atomic E-state index is 13.2. The number of ether oxygens (including phenoxy) is 1. The average Bonchev–Trinajstić information content (AvgIpc) is 2.73. The molecule has 1 N–H and O–H groups in total. The highest BCUT2D eigenvalue weighted by atomic mass is 19.1. The van der Waals surface area contributed by atoms with Crippen LogP contribution in [0.25, 0.3) is 10.9 Å². The molecule has 0 aliphatic carbocycles. The average molecular weight is 259 g/mol. The largest absolute Gasteiger partial charge is 0.461 e. The molecule has 0 aliphatic heterocycles. The van der Waals surface area contributed by atoms with E-state index < -0.39 is 11.8 Å². The number of benzene rings is 1. The fraction of sp³-hybridized carbons (Fsp3) is 0.267. The Balaban J connectivity index is 2.43. The summed E-state index contributed by atoms with van der Waals surface area (Å²) in [5, 5.41) is 0.513. The Kier molecular flexibility index (Phi) is 3.57. The predicted octanol–water partition coefficient (Wildman–Crippen LogP) is 3.10. The molecule has 0 saturated carbocycles. The quantitative estimate of drug-likeness (QED) is 0.679. The molecule has 3 nitrogen and oxygen atoms in total. The van der Waals surface area contributed by atoms with E-state index in [1.165, 1.54) is 12.1 Å². The summed E-state index contributed by atoms with van der Waals surface area (Å²) in [4.78, 5) is 14.8. The normalized spacial score (nSPS) is 10.7. The molecule has 4 heteroatoms. The molecule has 0 unspecified atom stereocenters. The van der Waals surface area contributed by atoms with Crippen molar-refractivity contribution in [2.75, 3.05) is 6.61 Å². The van der Waals surface area contributed by atoms with Crippen molar-refractivity contribution in [3.05, 3.63) is 35.3 Å². The third-order valence-corrected chi connectivity index (χ3v) is 2.66. The van der Waals surface area contributed by atoms with Crippen molar-refractivity contribution < 1.29 is 13.9 Å². The number of fused-ring (bicyclic) bond motifs is 1. The van der Waals surface area contributed by atoms with Gasteiger partial charge in [0.15, 0.2) is 0 Å². The second-order valence-electron chi connectivity index (χ2n) is 4.70. The summed E-state index contributed by atoms with van der Waals surface area (Å²) < 4.78 is 18.4. The van der Waals surface area contributed by atoms with Gasteiger partial charge < -0.3 is 9.72 Å². The number of rotatable bonds is 3. The molecule has 0 bridgehead atoms. The molecule has 0 amide bonds. The molecular formula is C15H14FNO2. The number of halogens is 1. The molecule has 1 aromatic carbocycles. The van der Waals surface area contributed by atoms with Crippen LogP contribution in [0.3, 0.4) is 0 Å². The second-order valence-corrected chi connectivity index (χ2v) is 4.70. The molecule has 0 aliphatic rings. The van der Waals surface area contributed by atoms with E-state index in [9.17, 15) is 9.18 Å². The fourth-order valence-electron chi connectivity index (χ4n) is 1.78. The van der Waals surface area contributed by atoms with Crippen LogP contribution in [-0.2, 0) is 4.74 Å². The Morgan fingerprint density at radius 1 is 1.53 bits per heavy atom. The summed E-state index contributed by atoms with van der Waals surface area (Å²) in [5.74, 6) is 1.74. The van der Waals surface area contributed by atoms with E-state index in [1.807, 2.05) is 13.8 Å². The van der Waals surface area contributed by atoms with Crippen molar-refractivity contribution in [1.29, 1.82) is 0 Å². The van der Waals surface area contributed by atoms with Crippen LogP contribution in [-0.4, -0.2) is 17.6 Å². The van der Waals surface area contributed by atoms with E-state index in [1.54, 1.807) is 6.07 Å². The van der Waals surface area contributed by atoms with Gasteiger partial charge in [0.2, 0.25) is 0 Å². The first-order valence-electron chi connectivity index (χ1n) is 5.98.